The summed E-state index contributed by atoms with van der Waals surface area (Å²) in [6, 6.07) is 16.3. The van der Waals surface area contributed by atoms with Crippen molar-refractivity contribution >= 4 is 55.9 Å². The maximum atomic E-state index is 12.9. The van der Waals surface area contributed by atoms with Crippen molar-refractivity contribution in [2.75, 3.05) is 5.43 Å². The molecule has 0 aliphatic heterocycles. The van der Waals surface area contributed by atoms with Crippen LogP contribution in [0.15, 0.2) is 59.4 Å². The highest BCUT2D eigenvalue weighted by molar-refractivity contribution is 7.20. The molecule has 166 valence electrons. The SMILES string of the molecule is CCn1c(NNC(=O)c2cc3c(C)nn(-c4ccccc4Cl)c3s2)nc2ccccc2c1=O. The number of hydrogen-bond acceptors (Lipinski definition) is 6. The molecule has 0 fully saturated rings. The minimum Gasteiger partial charge on any atom is -0.277 e. The molecule has 0 spiro atoms. The first-order valence-corrected chi connectivity index (χ1v) is 11.5. The number of aromatic nitrogens is 4. The molecule has 0 saturated carbocycles. The normalized spacial score (nSPS) is 11.2. The van der Waals surface area contributed by atoms with E-state index in [0.717, 1.165) is 21.6 Å². The van der Waals surface area contributed by atoms with Gasteiger partial charge in [-0.1, -0.05) is 35.9 Å². The summed E-state index contributed by atoms with van der Waals surface area (Å²) in [6.07, 6.45) is 0. The number of amides is 1. The van der Waals surface area contributed by atoms with E-state index in [2.05, 4.69) is 20.9 Å². The number of carbonyl (C=O) groups excluding carboxylic acids is 1. The van der Waals surface area contributed by atoms with Crippen LogP contribution in [0.25, 0.3) is 26.8 Å². The minimum absolute atomic E-state index is 0.169. The van der Waals surface area contributed by atoms with E-state index >= 15 is 0 Å². The Bertz CT molecular complexity index is 1590. The van der Waals surface area contributed by atoms with E-state index in [1.807, 2.05) is 38.1 Å². The molecule has 5 rings (SSSR count). The van der Waals surface area contributed by atoms with E-state index in [9.17, 15) is 9.59 Å². The molecule has 0 aliphatic rings. The molecule has 0 saturated heterocycles. The van der Waals surface area contributed by atoms with Crippen molar-refractivity contribution in [1.82, 2.24) is 24.8 Å². The average molecular weight is 479 g/mol. The number of benzene rings is 2. The van der Waals surface area contributed by atoms with E-state index in [0.29, 0.717) is 27.3 Å². The van der Waals surface area contributed by atoms with Gasteiger partial charge in [-0.3, -0.25) is 25.0 Å². The number of hydrazine groups is 1. The van der Waals surface area contributed by atoms with E-state index < -0.39 is 0 Å². The molecule has 0 radical (unpaired) electrons. The molecule has 0 aliphatic carbocycles. The summed E-state index contributed by atoms with van der Waals surface area (Å²) in [5.41, 5.74) is 7.41. The van der Waals surface area contributed by atoms with Gasteiger partial charge in [0.25, 0.3) is 11.5 Å². The van der Waals surface area contributed by atoms with Crippen LogP contribution in [0.4, 0.5) is 5.95 Å². The van der Waals surface area contributed by atoms with Gasteiger partial charge in [0.05, 0.1) is 32.2 Å². The van der Waals surface area contributed by atoms with Crippen molar-refractivity contribution in [3.8, 4) is 5.69 Å². The topological polar surface area (TPSA) is 93.8 Å². The molecule has 8 nitrogen and oxygen atoms in total. The van der Waals surface area contributed by atoms with Crippen molar-refractivity contribution in [2.45, 2.75) is 20.4 Å². The average Bonchev–Trinajstić information content (AvgIpc) is 3.39. The smallest absolute Gasteiger partial charge is 0.277 e. The van der Waals surface area contributed by atoms with Crippen molar-refractivity contribution in [3.63, 3.8) is 0 Å². The zero-order valence-electron chi connectivity index (χ0n) is 17.8. The van der Waals surface area contributed by atoms with Gasteiger partial charge in [-0.25, -0.2) is 9.67 Å². The molecule has 33 heavy (non-hydrogen) atoms. The number of anilines is 1. The second kappa shape index (κ2) is 8.34. The molecule has 3 aromatic heterocycles. The molecule has 10 heteroatoms. The van der Waals surface area contributed by atoms with Crippen molar-refractivity contribution in [2.24, 2.45) is 0 Å². The number of hydrogen-bond donors (Lipinski definition) is 2. The van der Waals surface area contributed by atoms with Crippen LogP contribution in [0.2, 0.25) is 5.02 Å². The number of fused-ring (bicyclic) bond motifs is 2. The quantitative estimate of drug-likeness (QED) is 0.362. The van der Waals surface area contributed by atoms with Crippen LogP contribution in [-0.4, -0.2) is 25.2 Å². The van der Waals surface area contributed by atoms with Gasteiger partial charge in [-0.15, -0.1) is 11.3 Å². The Morgan fingerprint density at radius 3 is 2.67 bits per heavy atom. The molecule has 1 amide bonds. The van der Waals surface area contributed by atoms with Crippen molar-refractivity contribution in [3.05, 3.63) is 80.5 Å². The van der Waals surface area contributed by atoms with E-state index in [4.69, 9.17) is 11.6 Å². The largest absolute Gasteiger partial charge is 0.279 e. The summed E-state index contributed by atoms with van der Waals surface area (Å²) in [7, 11) is 0. The van der Waals surface area contributed by atoms with Crippen LogP contribution in [0.5, 0.6) is 0 Å². The van der Waals surface area contributed by atoms with Gasteiger partial charge in [0.15, 0.2) is 0 Å². The molecule has 0 bridgehead atoms. The van der Waals surface area contributed by atoms with Gasteiger partial charge in [0, 0.05) is 11.9 Å². The predicted molar refractivity (Wildman–Crippen MR) is 131 cm³/mol. The lowest BCUT2D eigenvalue weighted by molar-refractivity contribution is 0.0966. The second-order valence-corrected chi connectivity index (χ2v) is 8.80. The Morgan fingerprint density at radius 2 is 1.88 bits per heavy atom. The number of rotatable bonds is 5. The van der Waals surface area contributed by atoms with E-state index in [1.54, 1.807) is 35.0 Å². The fourth-order valence-electron chi connectivity index (χ4n) is 3.68. The highest BCUT2D eigenvalue weighted by Gasteiger charge is 2.19. The Hall–Kier alpha value is -3.69. The minimum atomic E-state index is -0.341. The first kappa shape index (κ1) is 21.2. The summed E-state index contributed by atoms with van der Waals surface area (Å²) in [4.78, 5) is 31.5. The van der Waals surface area contributed by atoms with Gasteiger partial charge < -0.3 is 0 Å². The summed E-state index contributed by atoms with van der Waals surface area (Å²) < 4.78 is 3.23. The number of nitrogens with zero attached hydrogens (tertiary/aromatic N) is 4. The standard InChI is InChI=1S/C23H19ClN6O2S/c1-3-29-21(32)14-8-4-6-10-17(14)25-23(29)27-26-20(31)19-12-15-13(2)28-30(22(15)33-19)18-11-7-5-9-16(18)24/h4-12H,3H2,1-2H3,(H,25,27)(H,26,31). The number of aryl methyl sites for hydroxylation is 1. The summed E-state index contributed by atoms with van der Waals surface area (Å²) in [6.45, 7) is 4.14. The second-order valence-electron chi connectivity index (χ2n) is 7.36. The molecule has 0 unspecified atom stereocenters. The van der Waals surface area contributed by atoms with E-state index in [-0.39, 0.29) is 17.4 Å². The molecule has 0 atom stereocenters. The number of carbonyl (C=O) groups is 1. The summed E-state index contributed by atoms with van der Waals surface area (Å²) in [5, 5.41) is 6.56. The van der Waals surface area contributed by atoms with Gasteiger partial charge in [-0.2, -0.15) is 5.10 Å². The third-order valence-electron chi connectivity index (χ3n) is 5.31. The fourth-order valence-corrected chi connectivity index (χ4v) is 4.96. The molecule has 3 heterocycles. The number of nitrogens with one attached hydrogen (secondary N) is 2. The zero-order chi connectivity index (χ0) is 23.1. The highest BCUT2D eigenvalue weighted by Crippen LogP contribution is 2.32. The van der Waals surface area contributed by atoms with Crippen LogP contribution < -0.4 is 16.4 Å². The van der Waals surface area contributed by atoms with Crippen molar-refractivity contribution < 1.29 is 4.79 Å². The molecule has 2 N–H and O–H groups in total. The van der Waals surface area contributed by atoms with Crippen LogP contribution in [0.3, 0.4) is 0 Å². The van der Waals surface area contributed by atoms with Crippen LogP contribution in [0.1, 0.15) is 22.3 Å². The summed E-state index contributed by atoms with van der Waals surface area (Å²) in [5.74, 6) is -0.0690. The third-order valence-corrected chi connectivity index (χ3v) is 6.74. The Morgan fingerprint density at radius 1 is 1.12 bits per heavy atom. The number of halogens is 1. The predicted octanol–water partition coefficient (Wildman–Crippen LogP) is 4.54. The third kappa shape index (κ3) is 3.65. The Kier molecular flexibility index (Phi) is 5.35. The number of thiophene rings is 1. The van der Waals surface area contributed by atoms with Crippen molar-refractivity contribution in [1.29, 1.82) is 0 Å². The highest BCUT2D eigenvalue weighted by atomic mass is 35.5. The van der Waals surface area contributed by atoms with Crippen LogP contribution in [-0.2, 0) is 6.54 Å². The number of para-hydroxylation sites is 2. The first-order valence-electron chi connectivity index (χ1n) is 10.3. The molecule has 5 aromatic rings. The summed E-state index contributed by atoms with van der Waals surface area (Å²) >= 11 is 7.67. The molecular formula is C23H19ClN6O2S. The van der Waals surface area contributed by atoms with Crippen LogP contribution in [0, 0.1) is 6.92 Å². The Balaban J connectivity index is 1.46. The lowest BCUT2D eigenvalue weighted by Gasteiger charge is -2.13. The monoisotopic (exact) mass is 478 g/mol. The van der Waals surface area contributed by atoms with Crippen LogP contribution >= 0.6 is 22.9 Å². The molecular weight excluding hydrogens is 460 g/mol. The first-order chi connectivity index (χ1) is 16.0. The van der Waals surface area contributed by atoms with Gasteiger partial charge in [-0.05, 0) is 44.2 Å². The van der Waals surface area contributed by atoms with Gasteiger partial charge in [0.2, 0.25) is 5.95 Å². The maximum Gasteiger partial charge on any atom is 0.279 e. The lowest BCUT2D eigenvalue weighted by atomic mass is 10.2. The Labute approximate surface area is 197 Å². The zero-order valence-corrected chi connectivity index (χ0v) is 19.4. The maximum absolute atomic E-state index is 12.9. The van der Waals surface area contributed by atoms with E-state index in [1.165, 1.54) is 15.9 Å². The van der Waals surface area contributed by atoms with Gasteiger partial charge >= 0.3 is 0 Å². The lowest BCUT2D eigenvalue weighted by Crippen LogP contribution is -2.34. The molecule has 2 aromatic carbocycles. The fraction of sp³-hybridized carbons (Fsp3) is 0.130. The van der Waals surface area contributed by atoms with Gasteiger partial charge in [0.1, 0.15) is 4.83 Å².